The van der Waals surface area contributed by atoms with Gasteiger partial charge in [0.1, 0.15) is 5.82 Å². The molecule has 17 heavy (non-hydrogen) atoms. The zero-order valence-electron chi connectivity index (χ0n) is 8.76. The topological polar surface area (TPSA) is 26.9 Å². The van der Waals surface area contributed by atoms with Crippen LogP contribution in [0.3, 0.4) is 0 Å². The van der Waals surface area contributed by atoms with E-state index in [0.29, 0.717) is 4.83 Å². The number of fused-ring (bicyclic) bond motifs is 1. The van der Waals surface area contributed by atoms with E-state index >= 15 is 0 Å². The summed E-state index contributed by atoms with van der Waals surface area (Å²) in [4.78, 5) is 1.64. The third-order valence-electron chi connectivity index (χ3n) is 2.57. The number of pyridine rings is 1. The Morgan fingerprint density at radius 2 is 1.88 bits per heavy atom. The quantitative estimate of drug-likeness (QED) is 0.477. The molecule has 4 heteroatoms. The van der Waals surface area contributed by atoms with E-state index in [0.717, 1.165) is 20.6 Å². The molecule has 0 atom stereocenters. The van der Waals surface area contributed by atoms with Crippen molar-refractivity contribution in [3.05, 3.63) is 59.7 Å². The largest absolute Gasteiger partial charge is 0.618 e. The van der Waals surface area contributed by atoms with Gasteiger partial charge in [0.2, 0.25) is 0 Å². The van der Waals surface area contributed by atoms with Crippen LogP contribution in [-0.2, 0) is 0 Å². The number of rotatable bonds is 1. The van der Waals surface area contributed by atoms with Crippen molar-refractivity contribution in [1.82, 2.24) is 0 Å². The average Bonchev–Trinajstić information content (AvgIpc) is 2.75. The first kappa shape index (κ1) is 10.2. The van der Waals surface area contributed by atoms with E-state index in [4.69, 9.17) is 0 Å². The molecule has 2 heterocycles. The molecule has 0 unspecified atom stereocenters. The van der Waals surface area contributed by atoms with Gasteiger partial charge in [-0.05, 0) is 29.8 Å². The van der Waals surface area contributed by atoms with Gasteiger partial charge in [0.25, 0.3) is 4.83 Å². The van der Waals surface area contributed by atoms with Crippen molar-refractivity contribution in [2.24, 2.45) is 0 Å². The van der Waals surface area contributed by atoms with Crippen molar-refractivity contribution in [2.75, 3.05) is 0 Å². The molecule has 1 aromatic carbocycles. The highest BCUT2D eigenvalue weighted by atomic mass is 32.1. The van der Waals surface area contributed by atoms with Crippen LogP contribution in [-0.4, -0.2) is 0 Å². The van der Waals surface area contributed by atoms with Gasteiger partial charge < -0.3 is 5.21 Å². The maximum Gasteiger partial charge on any atom is 0.280 e. The fourth-order valence-corrected chi connectivity index (χ4v) is 2.78. The van der Waals surface area contributed by atoms with Crippen LogP contribution in [0.5, 0.6) is 0 Å². The molecule has 0 amide bonds. The SMILES string of the molecule is [O-][n+]1cccc2cc(-c3ccc(F)cc3)sc21. The first-order valence-corrected chi connectivity index (χ1v) is 5.93. The molecule has 0 bridgehead atoms. The maximum absolute atomic E-state index is 12.8. The molecule has 2 aromatic heterocycles. The van der Waals surface area contributed by atoms with Crippen LogP contribution in [0.1, 0.15) is 0 Å². The Morgan fingerprint density at radius 1 is 1.12 bits per heavy atom. The number of hydrogen-bond acceptors (Lipinski definition) is 2. The van der Waals surface area contributed by atoms with Crippen LogP contribution in [0, 0.1) is 11.0 Å². The molecular formula is C13H8FNOS. The molecule has 84 valence electrons. The van der Waals surface area contributed by atoms with Crippen LogP contribution in [0.2, 0.25) is 0 Å². The summed E-state index contributed by atoms with van der Waals surface area (Å²) in [6, 6.07) is 11.8. The molecule has 0 spiro atoms. The summed E-state index contributed by atoms with van der Waals surface area (Å²) in [7, 11) is 0. The molecule has 0 aliphatic heterocycles. The van der Waals surface area contributed by atoms with E-state index in [1.54, 1.807) is 18.2 Å². The van der Waals surface area contributed by atoms with E-state index in [1.165, 1.54) is 29.7 Å². The number of benzene rings is 1. The standard InChI is InChI=1S/C13H8FNOS/c14-11-5-3-9(4-6-11)12-8-10-2-1-7-15(16)13(10)17-12/h1-8H. The lowest BCUT2D eigenvalue weighted by atomic mass is 10.2. The van der Waals surface area contributed by atoms with Gasteiger partial charge >= 0.3 is 0 Å². The Morgan fingerprint density at radius 3 is 2.59 bits per heavy atom. The van der Waals surface area contributed by atoms with Crippen molar-refractivity contribution >= 4 is 21.6 Å². The first-order chi connectivity index (χ1) is 8.24. The van der Waals surface area contributed by atoms with Gasteiger partial charge in [0.15, 0.2) is 6.20 Å². The van der Waals surface area contributed by atoms with Gasteiger partial charge in [-0.15, -0.1) is 0 Å². The number of nitrogens with zero attached hydrogens (tertiary/aromatic N) is 1. The fourth-order valence-electron chi connectivity index (χ4n) is 1.74. The minimum absolute atomic E-state index is 0.256. The molecule has 0 saturated carbocycles. The van der Waals surface area contributed by atoms with Gasteiger partial charge in [0.05, 0.1) is 5.39 Å². The van der Waals surface area contributed by atoms with Gasteiger partial charge in [-0.1, -0.05) is 23.5 Å². The average molecular weight is 245 g/mol. The molecule has 3 rings (SSSR count). The van der Waals surface area contributed by atoms with Crippen LogP contribution in [0.15, 0.2) is 48.7 Å². The second-order valence-corrected chi connectivity index (χ2v) is 4.74. The van der Waals surface area contributed by atoms with Crippen molar-refractivity contribution in [3.63, 3.8) is 0 Å². The van der Waals surface area contributed by atoms with Gasteiger partial charge in [-0.3, -0.25) is 0 Å². The molecule has 0 saturated heterocycles. The van der Waals surface area contributed by atoms with Crippen molar-refractivity contribution in [1.29, 1.82) is 0 Å². The zero-order chi connectivity index (χ0) is 11.8. The molecule has 0 radical (unpaired) electrons. The number of aromatic nitrogens is 1. The van der Waals surface area contributed by atoms with Crippen molar-refractivity contribution < 1.29 is 9.12 Å². The summed E-state index contributed by atoms with van der Waals surface area (Å²) in [5, 5.41) is 12.5. The van der Waals surface area contributed by atoms with Gasteiger partial charge in [0, 0.05) is 10.9 Å². The number of hydrogen-bond donors (Lipinski definition) is 0. The van der Waals surface area contributed by atoms with Gasteiger partial charge in [-0.25, -0.2) is 4.39 Å². The van der Waals surface area contributed by atoms with Crippen molar-refractivity contribution in [3.8, 4) is 10.4 Å². The highest BCUT2D eigenvalue weighted by Crippen LogP contribution is 2.31. The van der Waals surface area contributed by atoms with Gasteiger partial charge in [-0.2, -0.15) is 4.73 Å². The van der Waals surface area contributed by atoms with E-state index in [-0.39, 0.29) is 5.82 Å². The lowest BCUT2D eigenvalue weighted by molar-refractivity contribution is -0.574. The smallest absolute Gasteiger partial charge is 0.280 e. The molecular weight excluding hydrogens is 237 g/mol. The second-order valence-electron chi connectivity index (χ2n) is 3.71. The molecule has 3 aromatic rings. The fraction of sp³-hybridized carbons (Fsp3) is 0. The number of thiophene rings is 1. The summed E-state index contributed by atoms with van der Waals surface area (Å²) in [6.07, 6.45) is 1.48. The lowest BCUT2D eigenvalue weighted by Crippen LogP contribution is -2.24. The van der Waals surface area contributed by atoms with E-state index in [9.17, 15) is 9.60 Å². The Balaban J connectivity index is 2.18. The summed E-state index contributed by atoms with van der Waals surface area (Å²) in [5.74, 6) is -0.256. The summed E-state index contributed by atoms with van der Waals surface area (Å²) >= 11 is 1.41. The third-order valence-corrected chi connectivity index (χ3v) is 3.75. The van der Waals surface area contributed by atoms with Crippen LogP contribution < -0.4 is 4.73 Å². The molecule has 0 aliphatic carbocycles. The zero-order valence-corrected chi connectivity index (χ0v) is 9.58. The molecule has 0 aliphatic rings. The number of halogens is 1. The maximum atomic E-state index is 12.8. The van der Waals surface area contributed by atoms with Crippen LogP contribution >= 0.6 is 11.3 Å². The molecule has 0 N–H and O–H groups in total. The predicted octanol–water partition coefficient (Wildman–Crippen LogP) is 3.34. The highest BCUT2D eigenvalue weighted by molar-refractivity contribution is 7.21. The molecule has 0 fully saturated rings. The monoisotopic (exact) mass is 245 g/mol. The Hall–Kier alpha value is -1.94. The van der Waals surface area contributed by atoms with Crippen LogP contribution in [0.25, 0.3) is 20.7 Å². The summed E-state index contributed by atoms with van der Waals surface area (Å²) in [5.41, 5.74) is 0.924. The first-order valence-electron chi connectivity index (χ1n) is 5.12. The minimum Gasteiger partial charge on any atom is -0.618 e. The minimum atomic E-state index is -0.256. The van der Waals surface area contributed by atoms with E-state index < -0.39 is 0 Å². The van der Waals surface area contributed by atoms with Crippen molar-refractivity contribution in [2.45, 2.75) is 0 Å². The third kappa shape index (κ3) is 1.76. The summed E-state index contributed by atoms with van der Waals surface area (Å²) < 4.78 is 13.7. The summed E-state index contributed by atoms with van der Waals surface area (Å²) in [6.45, 7) is 0. The Bertz CT molecular complexity index is 675. The molecule has 2 nitrogen and oxygen atoms in total. The lowest BCUT2D eigenvalue weighted by Gasteiger charge is -1.95. The van der Waals surface area contributed by atoms with E-state index in [2.05, 4.69) is 0 Å². The predicted molar refractivity (Wildman–Crippen MR) is 66.2 cm³/mol. The highest BCUT2D eigenvalue weighted by Gasteiger charge is 2.10. The van der Waals surface area contributed by atoms with E-state index in [1.807, 2.05) is 12.1 Å². The Kier molecular flexibility index (Phi) is 2.30. The normalized spacial score (nSPS) is 10.9. The van der Waals surface area contributed by atoms with Crippen LogP contribution in [0.4, 0.5) is 4.39 Å². The second kappa shape index (κ2) is 3.82. The Labute approximate surface area is 101 Å².